The summed E-state index contributed by atoms with van der Waals surface area (Å²) in [5.41, 5.74) is 7.32. The zero-order valence-corrected chi connectivity index (χ0v) is 29.3. The van der Waals surface area contributed by atoms with Crippen LogP contribution in [-0.2, 0) is 25.7 Å². The number of amides is 3. The van der Waals surface area contributed by atoms with Crippen LogP contribution < -0.4 is 25.8 Å². The van der Waals surface area contributed by atoms with Crippen LogP contribution in [0.3, 0.4) is 0 Å². The molecule has 258 valence electrons. The molecule has 1 saturated heterocycles. The van der Waals surface area contributed by atoms with Gasteiger partial charge in [-0.1, -0.05) is 55.5 Å². The van der Waals surface area contributed by atoms with Crippen LogP contribution in [0.1, 0.15) is 71.4 Å². The number of nitrogens with zero attached hydrogens (tertiary/aromatic N) is 1. The van der Waals surface area contributed by atoms with E-state index < -0.39 is 17.5 Å². The van der Waals surface area contributed by atoms with Crippen LogP contribution >= 0.6 is 0 Å². The van der Waals surface area contributed by atoms with Crippen molar-refractivity contribution < 1.29 is 28.6 Å². The number of nitrogens with two attached hydrogens (primary N) is 1. The highest BCUT2D eigenvalue weighted by molar-refractivity contribution is 5.92. The molecule has 0 bridgehead atoms. The first-order valence-corrected chi connectivity index (χ1v) is 16.2. The normalized spacial score (nSPS) is 15.3. The van der Waals surface area contributed by atoms with Crippen LogP contribution in [0.15, 0.2) is 72.5 Å². The first-order valence-electron chi connectivity index (χ1n) is 16.2. The van der Waals surface area contributed by atoms with Gasteiger partial charge in [-0.25, -0.2) is 0 Å². The predicted molar refractivity (Wildman–Crippen MR) is 186 cm³/mol. The van der Waals surface area contributed by atoms with E-state index in [9.17, 15) is 14.4 Å². The van der Waals surface area contributed by atoms with E-state index in [2.05, 4.69) is 17.6 Å². The number of benzene rings is 2. The van der Waals surface area contributed by atoms with Gasteiger partial charge in [-0.05, 0) is 82.7 Å². The molecule has 3 amide bonds. The number of carbonyl (C=O) groups is 3. The van der Waals surface area contributed by atoms with E-state index in [1.54, 1.807) is 40.2 Å². The molecule has 0 radical (unpaired) electrons. The molecule has 0 spiro atoms. The number of methoxy groups -OCH3 is 2. The van der Waals surface area contributed by atoms with Crippen LogP contribution in [-0.4, -0.2) is 68.1 Å². The highest BCUT2D eigenvalue weighted by Crippen LogP contribution is 2.31. The zero-order chi connectivity index (χ0) is 35.0. The molecule has 47 heavy (non-hydrogen) atoms. The summed E-state index contributed by atoms with van der Waals surface area (Å²) in [6.45, 7) is 13.2. The molecule has 0 saturated carbocycles. The summed E-state index contributed by atoms with van der Waals surface area (Å²) in [7, 11) is 3.22. The SMILES string of the molecule is C/C=C\C(=C/C)NC(=O)C(COCc1ccccc1)NC(=O)C(C)(C)N.COc1ccc(C(C)C(=O)N2CCC(C)CC2)cc1OC. The Kier molecular flexibility index (Phi) is 16.2. The summed E-state index contributed by atoms with van der Waals surface area (Å²) >= 11 is 0. The zero-order valence-electron chi connectivity index (χ0n) is 29.3. The number of allylic oxidation sites excluding steroid dienone is 3. The van der Waals surface area contributed by atoms with Crippen molar-refractivity contribution >= 4 is 17.7 Å². The minimum atomic E-state index is -1.09. The Morgan fingerprint density at radius 3 is 2.21 bits per heavy atom. The number of likely N-dealkylation sites (tertiary alicyclic amines) is 1. The molecule has 1 fully saturated rings. The lowest BCUT2D eigenvalue weighted by Gasteiger charge is -2.32. The van der Waals surface area contributed by atoms with Crippen molar-refractivity contribution in [3.8, 4) is 11.5 Å². The minimum Gasteiger partial charge on any atom is -0.493 e. The predicted octanol–water partition coefficient (Wildman–Crippen LogP) is 5.09. The second-order valence-electron chi connectivity index (χ2n) is 12.3. The van der Waals surface area contributed by atoms with Gasteiger partial charge in [0.2, 0.25) is 17.7 Å². The van der Waals surface area contributed by atoms with Crippen molar-refractivity contribution in [2.75, 3.05) is 33.9 Å². The Labute approximate surface area is 280 Å². The maximum Gasteiger partial charge on any atom is 0.249 e. The van der Waals surface area contributed by atoms with E-state index in [1.165, 1.54) is 0 Å². The third kappa shape index (κ3) is 12.9. The van der Waals surface area contributed by atoms with Crippen molar-refractivity contribution in [1.82, 2.24) is 15.5 Å². The van der Waals surface area contributed by atoms with Gasteiger partial charge >= 0.3 is 0 Å². The monoisotopic (exact) mass is 650 g/mol. The third-order valence-electron chi connectivity index (χ3n) is 7.90. The summed E-state index contributed by atoms with van der Waals surface area (Å²) < 4.78 is 16.2. The van der Waals surface area contributed by atoms with Crippen molar-refractivity contribution in [3.63, 3.8) is 0 Å². The molecule has 3 rings (SSSR count). The fourth-order valence-corrected chi connectivity index (χ4v) is 4.78. The average Bonchev–Trinajstić information content (AvgIpc) is 3.07. The van der Waals surface area contributed by atoms with Crippen LogP contribution in [0, 0.1) is 5.92 Å². The molecule has 10 heteroatoms. The van der Waals surface area contributed by atoms with Crippen molar-refractivity contribution in [3.05, 3.63) is 83.6 Å². The summed E-state index contributed by atoms with van der Waals surface area (Å²) in [4.78, 5) is 39.4. The van der Waals surface area contributed by atoms with Gasteiger partial charge in [0, 0.05) is 18.8 Å². The van der Waals surface area contributed by atoms with Gasteiger partial charge in [0.15, 0.2) is 11.5 Å². The highest BCUT2D eigenvalue weighted by atomic mass is 16.5. The molecule has 4 N–H and O–H groups in total. The molecular weight excluding hydrogens is 596 g/mol. The standard InChI is InChI=1S/C20H29N3O3.C17H25NO3/c1-5-10-16(6-2)22-18(24)17(23-19(25)20(3,4)21)14-26-13-15-11-8-7-9-12-15;1-12-7-9-18(10-8-12)17(19)13(2)14-5-6-15(20-3)16(11-14)21-4/h5-12,17H,13-14,21H2,1-4H3,(H,22,24)(H,23,25);5-6,11-13H,7-10H2,1-4H3/b10-5-,16-6+;. The van der Waals surface area contributed by atoms with Gasteiger partial charge < -0.3 is 35.5 Å². The van der Waals surface area contributed by atoms with Crippen molar-refractivity contribution in [2.45, 2.75) is 78.5 Å². The van der Waals surface area contributed by atoms with Gasteiger partial charge in [-0.15, -0.1) is 0 Å². The first kappa shape index (κ1) is 39.0. The smallest absolute Gasteiger partial charge is 0.249 e. The number of hydrogen-bond acceptors (Lipinski definition) is 7. The van der Waals surface area contributed by atoms with E-state index >= 15 is 0 Å². The molecule has 0 aromatic heterocycles. The number of nitrogens with one attached hydrogen (secondary N) is 2. The second kappa shape index (κ2) is 19.5. The number of piperidine rings is 1. The lowest BCUT2D eigenvalue weighted by molar-refractivity contribution is -0.133. The maximum absolute atomic E-state index is 12.6. The molecule has 2 aromatic rings. The summed E-state index contributed by atoms with van der Waals surface area (Å²) in [6, 6.07) is 14.5. The van der Waals surface area contributed by atoms with Gasteiger partial charge in [0.25, 0.3) is 0 Å². The number of rotatable bonds is 13. The summed E-state index contributed by atoms with van der Waals surface area (Å²) in [6.07, 6.45) is 7.57. The van der Waals surface area contributed by atoms with Gasteiger partial charge in [0.05, 0.1) is 38.9 Å². The quantitative estimate of drug-likeness (QED) is 0.258. The largest absolute Gasteiger partial charge is 0.493 e. The molecule has 1 heterocycles. The minimum absolute atomic E-state index is 0.0371. The number of carbonyl (C=O) groups excluding carboxylic acids is 3. The van der Waals surface area contributed by atoms with Crippen LogP contribution in [0.2, 0.25) is 0 Å². The number of ether oxygens (including phenoxy) is 3. The van der Waals surface area contributed by atoms with E-state index in [0.29, 0.717) is 23.8 Å². The van der Waals surface area contributed by atoms with Crippen molar-refractivity contribution in [2.24, 2.45) is 11.7 Å². The summed E-state index contributed by atoms with van der Waals surface area (Å²) in [5, 5.41) is 5.44. The lowest BCUT2D eigenvalue weighted by atomic mass is 9.95. The lowest BCUT2D eigenvalue weighted by Crippen LogP contribution is -2.57. The molecule has 2 unspecified atom stereocenters. The Bertz CT molecular complexity index is 1340. The second-order valence-corrected chi connectivity index (χ2v) is 12.3. The maximum atomic E-state index is 12.6. The van der Waals surface area contributed by atoms with E-state index in [1.807, 2.05) is 80.3 Å². The molecule has 1 aliphatic heterocycles. The van der Waals surface area contributed by atoms with E-state index in [-0.39, 0.29) is 24.3 Å². The average molecular weight is 651 g/mol. The van der Waals surface area contributed by atoms with Crippen LogP contribution in [0.25, 0.3) is 0 Å². The first-order chi connectivity index (χ1) is 22.3. The summed E-state index contributed by atoms with van der Waals surface area (Å²) in [5.74, 6) is 1.35. The van der Waals surface area contributed by atoms with Crippen molar-refractivity contribution in [1.29, 1.82) is 0 Å². The molecule has 1 aliphatic rings. The topological polar surface area (TPSA) is 132 Å². The van der Waals surface area contributed by atoms with Gasteiger partial charge in [-0.3, -0.25) is 14.4 Å². The van der Waals surface area contributed by atoms with E-state index in [4.69, 9.17) is 19.9 Å². The van der Waals surface area contributed by atoms with Gasteiger partial charge in [0.1, 0.15) is 6.04 Å². The molecule has 2 atom stereocenters. The Morgan fingerprint density at radius 2 is 1.66 bits per heavy atom. The van der Waals surface area contributed by atoms with Gasteiger partial charge in [-0.2, -0.15) is 0 Å². The fraction of sp³-hybridized carbons (Fsp3) is 0.486. The molecule has 10 nitrogen and oxygen atoms in total. The Balaban J connectivity index is 0.000000333. The fourth-order valence-electron chi connectivity index (χ4n) is 4.78. The Morgan fingerprint density at radius 1 is 1.02 bits per heavy atom. The number of hydrogen-bond donors (Lipinski definition) is 3. The Hall–Kier alpha value is -4.15. The van der Waals surface area contributed by atoms with Crippen LogP contribution in [0.4, 0.5) is 0 Å². The van der Waals surface area contributed by atoms with E-state index in [0.717, 1.165) is 43.0 Å². The molecule has 2 aromatic carbocycles. The molecular formula is C37H54N4O6. The highest BCUT2D eigenvalue weighted by Gasteiger charge is 2.29. The van der Waals surface area contributed by atoms with Crippen LogP contribution in [0.5, 0.6) is 11.5 Å². The third-order valence-corrected chi connectivity index (χ3v) is 7.90. The molecule has 0 aliphatic carbocycles.